The molecule has 0 aliphatic heterocycles. The molecule has 0 rings (SSSR count). The van der Waals surface area contributed by atoms with Gasteiger partial charge in [0, 0.05) is 22.2 Å². The van der Waals surface area contributed by atoms with Crippen LogP contribution in [0.1, 0.15) is 6.92 Å². The molecule has 0 heterocycles. The fraction of sp³-hybridized carbons (Fsp3) is 0.800. The van der Waals surface area contributed by atoms with Gasteiger partial charge < -0.3 is 0 Å². The molecule has 0 saturated carbocycles. The Morgan fingerprint density at radius 2 is 2.00 bits per heavy atom. The first-order valence-electron chi connectivity index (χ1n) is 2.68. The van der Waals surface area contributed by atoms with Gasteiger partial charge in [0.15, 0.2) is 0 Å². The van der Waals surface area contributed by atoms with Gasteiger partial charge in [0.05, 0.1) is 3.92 Å². The van der Waals surface area contributed by atoms with Crippen LogP contribution >= 0.6 is 22.6 Å². The summed E-state index contributed by atoms with van der Waals surface area (Å²) in [6, 6.07) is 0. The van der Waals surface area contributed by atoms with Gasteiger partial charge in [-0.15, -0.1) is 0 Å². The molecule has 0 aliphatic rings. The van der Waals surface area contributed by atoms with E-state index in [1.54, 1.807) is 6.92 Å². The smallest absolute Gasteiger partial charge is 0.266 e. The van der Waals surface area contributed by atoms with Gasteiger partial charge >= 0.3 is 0 Å². The SMILES string of the molecule is CC(I)C(=O)N=S(C)(C)=O. The van der Waals surface area contributed by atoms with Crippen molar-refractivity contribution in [1.29, 1.82) is 0 Å². The molecular formula is C5H10INO2S. The van der Waals surface area contributed by atoms with Crippen molar-refractivity contribution in [3.63, 3.8) is 0 Å². The lowest BCUT2D eigenvalue weighted by Gasteiger charge is -1.96. The summed E-state index contributed by atoms with van der Waals surface area (Å²) in [4.78, 5) is 10.8. The number of alkyl halides is 1. The molecule has 0 radical (unpaired) electrons. The summed E-state index contributed by atoms with van der Waals surface area (Å²) in [7, 11) is -2.25. The second-order valence-corrected chi connectivity index (χ2v) is 6.64. The van der Waals surface area contributed by atoms with Crippen molar-refractivity contribution in [3.05, 3.63) is 0 Å². The Kier molecular flexibility index (Phi) is 3.79. The highest BCUT2D eigenvalue weighted by molar-refractivity contribution is 14.1. The molecule has 1 amide bonds. The quantitative estimate of drug-likeness (QED) is 0.530. The van der Waals surface area contributed by atoms with Crippen LogP contribution in [0.5, 0.6) is 0 Å². The minimum Gasteiger partial charge on any atom is -0.271 e. The summed E-state index contributed by atoms with van der Waals surface area (Å²) in [6.45, 7) is 1.72. The molecule has 0 aromatic heterocycles. The first kappa shape index (κ1) is 10.3. The Balaban J connectivity index is 4.46. The van der Waals surface area contributed by atoms with E-state index in [4.69, 9.17) is 0 Å². The van der Waals surface area contributed by atoms with Crippen LogP contribution in [0.3, 0.4) is 0 Å². The molecule has 10 heavy (non-hydrogen) atoms. The zero-order valence-corrected chi connectivity index (χ0v) is 9.10. The number of rotatable bonds is 1. The van der Waals surface area contributed by atoms with Crippen LogP contribution in [0.2, 0.25) is 0 Å². The van der Waals surface area contributed by atoms with Crippen LogP contribution in [-0.4, -0.2) is 26.6 Å². The van der Waals surface area contributed by atoms with E-state index in [1.807, 2.05) is 22.6 Å². The third-order valence-electron chi connectivity index (χ3n) is 0.650. The lowest BCUT2D eigenvalue weighted by Crippen LogP contribution is -2.08. The predicted molar refractivity (Wildman–Crippen MR) is 50.9 cm³/mol. The molecule has 0 saturated heterocycles. The highest BCUT2D eigenvalue weighted by Gasteiger charge is 2.07. The van der Waals surface area contributed by atoms with Crippen LogP contribution in [0.4, 0.5) is 0 Å². The second kappa shape index (κ2) is 3.66. The van der Waals surface area contributed by atoms with Gasteiger partial charge in [-0.05, 0) is 6.92 Å². The first-order chi connectivity index (χ1) is 4.33. The zero-order chi connectivity index (χ0) is 8.36. The number of hydrogen-bond donors (Lipinski definition) is 0. The molecule has 0 N–H and O–H groups in total. The Labute approximate surface area is 74.9 Å². The lowest BCUT2D eigenvalue weighted by atomic mass is 10.5. The van der Waals surface area contributed by atoms with Gasteiger partial charge in [0.2, 0.25) is 0 Å². The first-order valence-corrected chi connectivity index (χ1v) is 6.25. The molecule has 0 bridgehead atoms. The van der Waals surface area contributed by atoms with Gasteiger partial charge in [-0.3, -0.25) is 4.79 Å². The Morgan fingerprint density at radius 3 is 2.10 bits per heavy atom. The monoisotopic (exact) mass is 275 g/mol. The number of carbonyl (C=O) groups excluding carboxylic acids is 1. The minimum absolute atomic E-state index is 0.182. The molecule has 0 spiro atoms. The summed E-state index contributed by atoms with van der Waals surface area (Å²) < 4.78 is 14.2. The highest BCUT2D eigenvalue weighted by Crippen LogP contribution is 2.01. The fourth-order valence-electron chi connectivity index (χ4n) is 0.289. The van der Waals surface area contributed by atoms with Gasteiger partial charge in [0.1, 0.15) is 0 Å². The molecule has 3 nitrogen and oxygen atoms in total. The normalized spacial score (nSPS) is 14.4. The number of halogens is 1. The van der Waals surface area contributed by atoms with E-state index in [0.29, 0.717) is 0 Å². The van der Waals surface area contributed by atoms with Crippen LogP contribution in [0.25, 0.3) is 0 Å². The average Bonchev–Trinajstić information content (AvgIpc) is 1.60. The largest absolute Gasteiger partial charge is 0.271 e. The van der Waals surface area contributed by atoms with E-state index in [9.17, 15) is 9.00 Å². The molecule has 0 fully saturated rings. The van der Waals surface area contributed by atoms with Gasteiger partial charge in [-0.2, -0.15) is 4.36 Å². The van der Waals surface area contributed by atoms with E-state index in [-0.39, 0.29) is 9.83 Å². The molecule has 0 aliphatic carbocycles. The Bertz CT molecular complexity index is 232. The minimum atomic E-state index is -2.25. The maximum atomic E-state index is 10.9. The third-order valence-corrected chi connectivity index (χ3v) is 1.80. The van der Waals surface area contributed by atoms with Crippen molar-refractivity contribution >= 4 is 38.2 Å². The van der Waals surface area contributed by atoms with Gasteiger partial charge in [0.25, 0.3) is 5.91 Å². The van der Waals surface area contributed by atoms with Crippen molar-refractivity contribution in [3.8, 4) is 0 Å². The number of nitrogens with zero attached hydrogens (tertiary/aromatic N) is 1. The van der Waals surface area contributed by atoms with Crippen molar-refractivity contribution in [2.45, 2.75) is 10.8 Å². The van der Waals surface area contributed by atoms with Crippen molar-refractivity contribution in [2.24, 2.45) is 4.36 Å². The fourth-order valence-corrected chi connectivity index (χ4v) is 1.21. The zero-order valence-electron chi connectivity index (χ0n) is 6.13. The van der Waals surface area contributed by atoms with Crippen LogP contribution < -0.4 is 0 Å². The summed E-state index contributed by atoms with van der Waals surface area (Å²) in [6.07, 6.45) is 2.90. The van der Waals surface area contributed by atoms with Crippen LogP contribution in [0, 0.1) is 0 Å². The van der Waals surface area contributed by atoms with Crippen LogP contribution in [0.15, 0.2) is 4.36 Å². The second-order valence-electron chi connectivity index (χ2n) is 2.23. The molecule has 0 aromatic carbocycles. The molecule has 1 atom stereocenters. The van der Waals surface area contributed by atoms with E-state index in [0.717, 1.165) is 0 Å². The summed E-state index contributed by atoms with van der Waals surface area (Å²) >= 11 is 1.94. The standard InChI is InChI=1S/C5H10INO2S/c1-4(6)5(8)7-10(2,3)9/h4H,1-3H3. The van der Waals surface area contributed by atoms with E-state index >= 15 is 0 Å². The highest BCUT2D eigenvalue weighted by atomic mass is 127. The number of carbonyl (C=O) groups is 1. The van der Waals surface area contributed by atoms with Crippen LogP contribution in [-0.2, 0) is 14.5 Å². The van der Waals surface area contributed by atoms with Crippen molar-refractivity contribution in [2.75, 3.05) is 12.5 Å². The van der Waals surface area contributed by atoms with E-state index in [1.165, 1.54) is 12.5 Å². The topological polar surface area (TPSA) is 46.5 Å². The Hall–Kier alpha value is 0.350. The maximum absolute atomic E-state index is 10.9. The summed E-state index contributed by atoms with van der Waals surface area (Å²) in [5.41, 5.74) is 0. The van der Waals surface area contributed by atoms with Crippen molar-refractivity contribution in [1.82, 2.24) is 0 Å². The van der Waals surface area contributed by atoms with E-state index in [2.05, 4.69) is 4.36 Å². The van der Waals surface area contributed by atoms with E-state index < -0.39 is 9.73 Å². The molecule has 5 heteroatoms. The molecular weight excluding hydrogens is 265 g/mol. The molecule has 60 valence electrons. The average molecular weight is 275 g/mol. The molecule has 0 aromatic rings. The van der Waals surface area contributed by atoms with Gasteiger partial charge in [-0.1, -0.05) is 22.6 Å². The Morgan fingerprint density at radius 1 is 1.60 bits per heavy atom. The predicted octanol–water partition coefficient (Wildman–Crippen LogP) is 1.06. The van der Waals surface area contributed by atoms with Gasteiger partial charge in [-0.25, -0.2) is 4.21 Å². The summed E-state index contributed by atoms with van der Waals surface area (Å²) in [5, 5.41) is 0. The van der Waals surface area contributed by atoms with Crippen molar-refractivity contribution < 1.29 is 9.00 Å². The number of hydrogen-bond acceptors (Lipinski definition) is 2. The third kappa shape index (κ3) is 5.16. The lowest BCUT2D eigenvalue weighted by molar-refractivity contribution is -0.116. The summed E-state index contributed by atoms with van der Waals surface area (Å²) in [5.74, 6) is -0.296. The number of amides is 1. The molecule has 1 unspecified atom stereocenters. The maximum Gasteiger partial charge on any atom is 0.266 e.